The summed E-state index contributed by atoms with van der Waals surface area (Å²) in [6.07, 6.45) is 2.55. The van der Waals surface area contributed by atoms with E-state index in [2.05, 4.69) is 53.8 Å². The summed E-state index contributed by atoms with van der Waals surface area (Å²) in [6.45, 7) is 14.0. The highest BCUT2D eigenvalue weighted by Gasteiger charge is 2.39. The van der Waals surface area contributed by atoms with Crippen LogP contribution in [0.1, 0.15) is 38.1 Å². The topological polar surface area (TPSA) is 28.6 Å². The van der Waals surface area contributed by atoms with E-state index in [0.29, 0.717) is 11.5 Å². The zero-order chi connectivity index (χ0) is 16.3. The second kappa shape index (κ2) is 7.29. The maximum absolute atomic E-state index is 6.00. The van der Waals surface area contributed by atoms with E-state index in [1.807, 2.05) is 0 Å². The van der Waals surface area contributed by atoms with Crippen molar-refractivity contribution in [1.29, 1.82) is 0 Å². The Morgan fingerprint density at radius 1 is 1.26 bits per heavy atom. The van der Waals surface area contributed by atoms with Gasteiger partial charge in [-0.05, 0) is 52.3 Å². The molecule has 1 atom stereocenters. The number of hydrogen-bond acceptors (Lipinski definition) is 4. The minimum atomic E-state index is 0.294. The molecule has 4 nitrogen and oxygen atoms in total. The first-order chi connectivity index (χ1) is 11.1. The molecule has 3 rings (SSSR count). The summed E-state index contributed by atoms with van der Waals surface area (Å²) >= 11 is 0. The average Bonchev–Trinajstić information content (AvgIpc) is 2.70. The second-order valence-corrected chi connectivity index (χ2v) is 7.70. The first-order valence-electron chi connectivity index (χ1n) is 9.03. The predicted octanol–water partition coefficient (Wildman–Crippen LogP) is 2.71. The minimum Gasteiger partial charge on any atom is -0.379 e. The minimum absolute atomic E-state index is 0.294. The molecule has 0 N–H and O–H groups in total. The lowest BCUT2D eigenvalue weighted by Crippen LogP contribution is -2.51. The maximum atomic E-state index is 6.00. The number of aryl methyl sites for hydroxylation is 1. The molecule has 1 aromatic rings. The van der Waals surface area contributed by atoms with Crippen molar-refractivity contribution < 1.29 is 4.74 Å². The molecule has 1 unspecified atom stereocenters. The van der Waals surface area contributed by atoms with Crippen molar-refractivity contribution in [3.8, 4) is 0 Å². The molecule has 1 spiro atoms. The highest BCUT2D eigenvalue weighted by molar-refractivity contribution is 5.10. The molecule has 2 saturated heterocycles. The second-order valence-electron chi connectivity index (χ2n) is 7.70. The average molecular weight is 317 g/mol. The summed E-state index contributed by atoms with van der Waals surface area (Å²) in [5.74, 6) is 0. The van der Waals surface area contributed by atoms with E-state index in [1.54, 1.807) is 0 Å². The van der Waals surface area contributed by atoms with Gasteiger partial charge in [0.15, 0.2) is 0 Å². The summed E-state index contributed by atoms with van der Waals surface area (Å²) in [5.41, 5.74) is 2.60. The summed E-state index contributed by atoms with van der Waals surface area (Å²) in [7, 11) is 0. The normalized spacial score (nSPS) is 27.5. The van der Waals surface area contributed by atoms with E-state index in [4.69, 9.17) is 4.74 Å². The molecule has 0 aliphatic carbocycles. The first-order valence-corrected chi connectivity index (χ1v) is 9.03. The molecule has 0 amide bonds. The van der Waals surface area contributed by atoms with Crippen molar-refractivity contribution in [1.82, 2.24) is 14.8 Å². The fourth-order valence-electron chi connectivity index (χ4n) is 4.08. The number of hydrogen-bond donors (Lipinski definition) is 0. The van der Waals surface area contributed by atoms with Crippen molar-refractivity contribution in [2.75, 3.05) is 39.4 Å². The Morgan fingerprint density at radius 2 is 2.13 bits per heavy atom. The monoisotopic (exact) mass is 317 g/mol. The zero-order valence-corrected chi connectivity index (χ0v) is 14.9. The van der Waals surface area contributed by atoms with Gasteiger partial charge in [-0.3, -0.25) is 14.8 Å². The Bertz CT molecular complexity index is 519. The Hall–Kier alpha value is -0.970. The van der Waals surface area contributed by atoms with Gasteiger partial charge in [0, 0.05) is 43.3 Å². The van der Waals surface area contributed by atoms with Crippen LogP contribution >= 0.6 is 0 Å². The number of piperidine rings is 1. The van der Waals surface area contributed by atoms with E-state index in [9.17, 15) is 0 Å². The van der Waals surface area contributed by atoms with Gasteiger partial charge >= 0.3 is 0 Å². The molecule has 0 radical (unpaired) electrons. The molecular formula is C19H31N3O. The number of pyridine rings is 1. The third-order valence-corrected chi connectivity index (χ3v) is 5.27. The Balaban J connectivity index is 1.68. The van der Waals surface area contributed by atoms with Crippen LogP contribution in [0.3, 0.4) is 0 Å². The lowest BCUT2D eigenvalue weighted by Gasteiger charge is -2.44. The van der Waals surface area contributed by atoms with Crippen LogP contribution in [0.5, 0.6) is 0 Å². The van der Waals surface area contributed by atoms with Gasteiger partial charge in [-0.15, -0.1) is 0 Å². The van der Waals surface area contributed by atoms with Crippen LogP contribution in [0.25, 0.3) is 0 Å². The number of ether oxygens (including phenoxy) is 1. The van der Waals surface area contributed by atoms with Crippen LogP contribution in [0.15, 0.2) is 18.2 Å². The molecule has 0 saturated carbocycles. The molecule has 0 bridgehead atoms. The molecule has 128 valence electrons. The zero-order valence-electron chi connectivity index (χ0n) is 14.9. The molecule has 2 aliphatic rings. The number of aromatic nitrogens is 1. The predicted molar refractivity (Wildman–Crippen MR) is 93.4 cm³/mol. The van der Waals surface area contributed by atoms with Gasteiger partial charge in [-0.1, -0.05) is 6.07 Å². The Kier molecular flexibility index (Phi) is 5.34. The summed E-state index contributed by atoms with van der Waals surface area (Å²) < 4.78 is 6.00. The Labute approximate surface area is 140 Å². The third-order valence-electron chi connectivity index (χ3n) is 5.27. The largest absolute Gasteiger partial charge is 0.379 e. The van der Waals surface area contributed by atoms with Crippen molar-refractivity contribution in [3.05, 3.63) is 29.6 Å². The molecule has 23 heavy (non-hydrogen) atoms. The molecular weight excluding hydrogens is 286 g/mol. The fraction of sp³-hybridized carbons (Fsp3) is 0.737. The SMILES string of the molecule is Cc1cccc(CN2CCCC3(COCCN(C(C)C)C3)C2)n1. The summed E-state index contributed by atoms with van der Waals surface area (Å²) in [5, 5.41) is 0. The lowest BCUT2D eigenvalue weighted by molar-refractivity contribution is 0.000603. The van der Waals surface area contributed by atoms with E-state index >= 15 is 0 Å². The number of rotatable bonds is 3. The number of likely N-dealkylation sites (tertiary alicyclic amines) is 1. The van der Waals surface area contributed by atoms with Crippen LogP contribution in [0, 0.1) is 12.3 Å². The molecule has 0 aromatic carbocycles. The van der Waals surface area contributed by atoms with Gasteiger partial charge in [-0.25, -0.2) is 0 Å². The Morgan fingerprint density at radius 3 is 2.91 bits per heavy atom. The van der Waals surface area contributed by atoms with Crippen molar-refractivity contribution in [2.24, 2.45) is 5.41 Å². The van der Waals surface area contributed by atoms with Crippen LogP contribution in [0.2, 0.25) is 0 Å². The van der Waals surface area contributed by atoms with Crippen LogP contribution in [-0.4, -0.2) is 60.2 Å². The number of nitrogens with zero attached hydrogens (tertiary/aromatic N) is 3. The molecule has 3 heterocycles. The van der Waals surface area contributed by atoms with Crippen molar-refractivity contribution >= 4 is 0 Å². The van der Waals surface area contributed by atoms with E-state index in [0.717, 1.165) is 38.5 Å². The molecule has 1 aromatic heterocycles. The smallest absolute Gasteiger partial charge is 0.0593 e. The summed E-state index contributed by atoms with van der Waals surface area (Å²) in [6, 6.07) is 6.94. The van der Waals surface area contributed by atoms with Crippen LogP contribution in [0.4, 0.5) is 0 Å². The van der Waals surface area contributed by atoms with Crippen molar-refractivity contribution in [2.45, 2.75) is 46.2 Å². The molecule has 4 heteroatoms. The van der Waals surface area contributed by atoms with E-state index in [1.165, 1.54) is 31.6 Å². The van der Waals surface area contributed by atoms with Gasteiger partial charge in [0.05, 0.1) is 18.9 Å². The van der Waals surface area contributed by atoms with Crippen LogP contribution < -0.4 is 0 Å². The van der Waals surface area contributed by atoms with Gasteiger partial charge in [0.1, 0.15) is 0 Å². The standard InChI is InChI=1S/C19H31N3O/c1-16(2)22-10-11-23-15-19(14-22)8-5-9-21(13-19)12-18-7-4-6-17(3)20-18/h4,6-7,16H,5,8-15H2,1-3H3. The quantitative estimate of drug-likeness (QED) is 0.857. The fourth-order valence-corrected chi connectivity index (χ4v) is 4.08. The maximum Gasteiger partial charge on any atom is 0.0593 e. The summed E-state index contributed by atoms with van der Waals surface area (Å²) in [4.78, 5) is 9.86. The van der Waals surface area contributed by atoms with E-state index in [-0.39, 0.29) is 0 Å². The molecule has 2 aliphatic heterocycles. The molecule has 2 fully saturated rings. The van der Waals surface area contributed by atoms with Gasteiger partial charge in [0.25, 0.3) is 0 Å². The van der Waals surface area contributed by atoms with E-state index < -0.39 is 0 Å². The van der Waals surface area contributed by atoms with Gasteiger partial charge in [0.2, 0.25) is 0 Å². The highest BCUT2D eigenvalue weighted by Crippen LogP contribution is 2.34. The van der Waals surface area contributed by atoms with Crippen LogP contribution in [-0.2, 0) is 11.3 Å². The van der Waals surface area contributed by atoms with Crippen molar-refractivity contribution in [3.63, 3.8) is 0 Å². The third kappa shape index (κ3) is 4.31. The lowest BCUT2D eigenvalue weighted by atomic mass is 9.79. The first kappa shape index (κ1) is 16.9. The van der Waals surface area contributed by atoms with Gasteiger partial charge < -0.3 is 4.74 Å². The van der Waals surface area contributed by atoms with Gasteiger partial charge in [-0.2, -0.15) is 0 Å². The highest BCUT2D eigenvalue weighted by atomic mass is 16.5.